The monoisotopic (exact) mass is 260 g/mol. The van der Waals surface area contributed by atoms with E-state index in [0.29, 0.717) is 0 Å². The molecule has 0 bridgehead atoms. The number of ether oxygens (including phenoxy) is 1. The molecule has 0 heterocycles. The molecule has 0 fully saturated rings. The predicted molar refractivity (Wildman–Crippen MR) is 68.6 cm³/mol. The van der Waals surface area contributed by atoms with Crippen molar-refractivity contribution in [2.24, 2.45) is 0 Å². The molecule has 6 heteroatoms. The molecule has 106 valence electrons. The van der Waals surface area contributed by atoms with Crippen molar-refractivity contribution in [1.29, 1.82) is 0 Å². The van der Waals surface area contributed by atoms with Gasteiger partial charge in [0.15, 0.2) is 6.10 Å². The molecule has 0 saturated heterocycles. The van der Waals surface area contributed by atoms with Crippen LogP contribution in [0.4, 0.5) is 4.79 Å². The first kappa shape index (κ1) is 16.7. The molecule has 0 aliphatic rings. The number of carbonyl (C=O) groups is 2. The van der Waals surface area contributed by atoms with Crippen LogP contribution in [0.5, 0.6) is 0 Å². The Morgan fingerprint density at radius 1 is 1.22 bits per heavy atom. The summed E-state index contributed by atoms with van der Waals surface area (Å²) >= 11 is 0. The summed E-state index contributed by atoms with van der Waals surface area (Å²) in [5.74, 6) is -1.09. The second-order valence-corrected chi connectivity index (χ2v) is 4.24. The van der Waals surface area contributed by atoms with E-state index in [9.17, 15) is 9.59 Å². The number of hydrogen-bond acceptors (Lipinski definition) is 3. The van der Waals surface area contributed by atoms with Crippen LogP contribution in [0.25, 0.3) is 0 Å². The quantitative estimate of drug-likeness (QED) is 0.615. The molecule has 0 aromatic carbocycles. The summed E-state index contributed by atoms with van der Waals surface area (Å²) in [7, 11) is 1.30. The standard InChI is InChI=1S/C12H24N2O4/c1-5-12(6-2,7-3)14-11(17)13-8-9(18-4)10(15)16/h9H,5-8H2,1-4H3,(H,15,16)(H2,13,14,17). The number of urea groups is 1. The molecule has 0 radical (unpaired) electrons. The Balaban J connectivity index is 4.29. The molecule has 0 spiro atoms. The first-order valence-electron chi connectivity index (χ1n) is 6.26. The Labute approximate surface area is 108 Å². The molecule has 0 rings (SSSR count). The van der Waals surface area contributed by atoms with Crippen LogP contribution in [0.1, 0.15) is 40.0 Å². The van der Waals surface area contributed by atoms with E-state index in [2.05, 4.69) is 10.6 Å². The van der Waals surface area contributed by atoms with E-state index in [4.69, 9.17) is 9.84 Å². The van der Waals surface area contributed by atoms with Crippen molar-refractivity contribution in [1.82, 2.24) is 10.6 Å². The highest BCUT2D eigenvalue weighted by atomic mass is 16.5. The van der Waals surface area contributed by atoms with Gasteiger partial charge in [-0.1, -0.05) is 20.8 Å². The van der Waals surface area contributed by atoms with Gasteiger partial charge < -0.3 is 20.5 Å². The Bertz CT molecular complexity index is 269. The van der Waals surface area contributed by atoms with Crippen molar-refractivity contribution < 1.29 is 19.4 Å². The second kappa shape index (κ2) is 7.92. The summed E-state index contributed by atoms with van der Waals surface area (Å²) in [5.41, 5.74) is -0.226. The van der Waals surface area contributed by atoms with Gasteiger partial charge in [0.05, 0.1) is 6.54 Å². The number of amides is 2. The molecule has 1 unspecified atom stereocenters. The molecular weight excluding hydrogens is 236 g/mol. The van der Waals surface area contributed by atoms with Gasteiger partial charge in [-0.25, -0.2) is 9.59 Å². The summed E-state index contributed by atoms with van der Waals surface area (Å²) < 4.78 is 4.73. The van der Waals surface area contributed by atoms with Crippen LogP contribution in [0.15, 0.2) is 0 Å². The number of carbonyl (C=O) groups excluding carboxylic acids is 1. The summed E-state index contributed by atoms with van der Waals surface area (Å²) in [6, 6.07) is -0.358. The van der Waals surface area contributed by atoms with Crippen molar-refractivity contribution >= 4 is 12.0 Å². The molecule has 0 aliphatic carbocycles. The highest BCUT2D eigenvalue weighted by molar-refractivity contribution is 5.77. The normalized spacial score (nSPS) is 12.9. The number of nitrogens with one attached hydrogen (secondary N) is 2. The average molecular weight is 260 g/mol. The largest absolute Gasteiger partial charge is 0.479 e. The van der Waals surface area contributed by atoms with Crippen LogP contribution in [0, 0.1) is 0 Å². The molecular formula is C12H24N2O4. The van der Waals surface area contributed by atoms with Gasteiger partial charge in [0, 0.05) is 12.6 Å². The number of carboxylic acid groups (broad SMARTS) is 1. The molecule has 0 aliphatic heterocycles. The van der Waals surface area contributed by atoms with Crippen molar-refractivity contribution in [3.63, 3.8) is 0 Å². The molecule has 1 atom stereocenters. The van der Waals surface area contributed by atoms with Crippen LogP contribution in [-0.2, 0) is 9.53 Å². The summed E-state index contributed by atoms with van der Waals surface area (Å²) in [6.45, 7) is 6.00. The van der Waals surface area contributed by atoms with Gasteiger partial charge in [0.2, 0.25) is 0 Å². The van der Waals surface area contributed by atoms with Crippen LogP contribution in [0.2, 0.25) is 0 Å². The zero-order valence-corrected chi connectivity index (χ0v) is 11.6. The van der Waals surface area contributed by atoms with Crippen LogP contribution in [-0.4, -0.2) is 42.4 Å². The fourth-order valence-electron chi connectivity index (χ4n) is 1.76. The third-order valence-electron chi connectivity index (χ3n) is 3.42. The lowest BCUT2D eigenvalue weighted by Gasteiger charge is -2.31. The molecule has 2 amide bonds. The van der Waals surface area contributed by atoms with Gasteiger partial charge in [-0.05, 0) is 19.3 Å². The van der Waals surface area contributed by atoms with Crippen molar-refractivity contribution in [2.75, 3.05) is 13.7 Å². The van der Waals surface area contributed by atoms with Gasteiger partial charge in [-0.3, -0.25) is 0 Å². The number of hydrogen-bond donors (Lipinski definition) is 3. The molecule has 3 N–H and O–H groups in total. The van der Waals surface area contributed by atoms with Crippen molar-refractivity contribution in [3.8, 4) is 0 Å². The fourth-order valence-corrected chi connectivity index (χ4v) is 1.76. The first-order valence-corrected chi connectivity index (χ1v) is 6.26. The van der Waals surface area contributed by atoms with Crippen LogP contribution < -0.4 is 10.6 Å². The minimum atomic E-state index is -1.09. The van der Waals surface area contributed by atoms with Gasteiger partial charge >= 0.3 is 12.0 Å². The minimum absolute atomic E-state index is 0.0507. The number of methoxy groups -OCH3 is 1. The maximum Gasteiger partial charge on any atom is 0.334 e. The van der Waals surface area contributed by atoms with Crippen LogP contribution >= 0.6 is 0 Å². The number of rotatable bonds is 8. The van der Waals surface area contributed by atoms with Crippen molar-refractivity contribution in [3.05, 3.63) is 0 Å². The summed E-state index contributed by atoms with van der Waals surface area (Å²) in [4.78, 5) is 22.4. The zero-order valence-electron chi connectivity index (χ0n) is 11.6. The molecule has 0 saturated carbocycles. The Kier molecular flexibility index (Phi) is 7.35. The Morgan fingerprint density at radius 3 is 2.06 bits per heavy atom. The maximum atomic E-state index is 11.7. The van der Waals surface area contributed by atoms with E-state index in [1.807, 2.05) is 20.8 Å². The lowest BCUT2D eigenvalue weighted by Crippen LogP contribution is -2.52. The van der Waals surface area contributed by atoms with E-state index in [-0.39, 0.29) is 18.1 Å². The molecule has 0 aromatic heterocycles. The summed E-state index contributed by atoms with van der Waals surface area (Å²) in [5, 5.41) is 14.2. The predicted octanol–water partition coefficient (Wildman–Crippen LogP) is 1.35. The van der Waals surface area contributed by atoms with Gasteiger partial charge in [0.25, 0.3) is 0 Å². The van der Waals surface area contributed by atoms with E-state index in [0.717, 1.165) is 19.3 Å². The highest BCUT2D eigenvalue weighted by Gasteiger charge is 2.26. The van der Waals surface area contributed by atoms with Gasteiger partial charge in [-0.15, -0.1) is 0 Å². The van der Waals surface area contributed by atoms with Gasteiger partial charge in [-0.2, -0.15) is 0 Å². The lowest BCUT2D eigenvalue weighted by molar-refractivity contribution is -0.147. The van der Waals surface area contributed by atoms with Crippen LogP contribution in [0.3, 0.4) is 0 Å². The lowest BCUT2D eigenvalue weighted by atomic mass is 9.90. The van der Waals surface area contributed by atoms with E-state index in [1.54, 1.807) is 0 Å². The third-order valence-corrected chi connectivity index (χ3v) is 3.42. The SMILES string of the molecule is CCC(CC)(CC)NC(=O)NCC(OC)C(=O)O. The third kappa shape index (κ3) is 4.91. The van der Waals surface area contributed by atoms with E-state index in [1.165, 1.54) is 7.11 Å². The fraction of sp³-hybridized carbons (Fsp3) is 0.833. The minimum Gasteiger partial charge on any atom is -0.479 e. The second-order valence-electron chi connectivity index (χ2n) is 4.24. The average Bonchev–Trinajstić information content (AvgIpc) is 2.36. The topological polar surface area (TPSA) is 87.7 Å². The van der Waals surface area contributed by atoms with Crippen molar-refractivity contribution in [2.45, 2.75) is 51.7 Å². The molecule has 6 nitrogen and oxygen atoms in total. The van der Waals surface area contributed by atoms with E-state index >= 15 is 0 Å². The number of carboxylic acids is 1. The Hall–Kier alpha value is -1.30. The smallest absolute Gasteiger partial charge is 0.334 e. The highest BCUT2D eigenvalue weighted by Crippen LogP contribution is 2.18. The molecule has 18 heavy (non-hydrogen) atoms. The number of aliphatic carboxylic acids is 1. The zero-order chi connectivity index (χ0) is 14.2. The summed E-state index contributed by atoms with van der Waals surface area (Å²) in [6.07, 6.45) is 1.48. The maximum absolute atomic E-state index is 11.7. The van der Waals surface area contributed by atoms with E-state index < -0.39 is 12.1 Å². The first-order chi connectivity index (χ1) is 8.44. The Morgan fingerprint density at radius 2 is 1.72 bits per heavy atom. The van der Waals surface area contributed by atoms with Gasteiger partial charge in [0.1, 0.15) is 0 Å². The molecule has 0 aromatic rings.